The predicted octanol–water partition coefficient (Wildman–Crippen LogP) is 2.84. The summed E-state index contributed by atoms with van der Waals surface area (Å²) in [5, 5.41) is 10.3. The van der Waals surface area contributed by atoms with Crippen LogP contribution in [0.2, 0.25) is 0 Å². The molecule has 1 N–H and O–H groups in total. The van der Waals surface area contributed by atoms with Crippen LogP contribution in [0.15, 0.2) is 12.2 Å². The van der Waals surface area contributed by atoms with E-state index in [1.165, 1.54) is 18.9 Å². The third-order valence-corrected chi connectivity index (χ3v) is 4.03. The normalized spacial score (nSPS) is 23.2. The molecule has 0 aliphatic carbocycles. The van der Waals surface area contributed by atoms with E-state index in [0.717, 1.165) is 12.8 Å². The minimum Gasteiger partial charge on any atom is -0.459 e. The average molecular weight is 284 g/mol. The molecule has 0 spiro atoms. The van der Waals surface area contributed by atoms with Crippen molar-refractivity contribution in [2.45, 2.75) is 70.7 Å². The van der Waals surface area contributed by atoms with Crippen LogP contribution in [-0.4, -0.2) is 36.5 Å². The third kappa shape index (κ3) is 5.63. The fourth-order valence-corrected chi connectivity index (χ4v) is 2.63. The molecule has 0 saturated carbocycles. The number of aliphatic hydroxyl groups excluding tert-OH is 1. The molecule has 0 saturated heterocycles. The number of methoxy groups -OCH3 is 1. The van der Waals surface area contributed by atoms with Gasteiger partial charge in [0.05, 0.1) is 12.2 Å². The molecule has 0 aromatic rings. The van der Waals surface area contributed by atoms with Crippen molar-refractivity contribution in [1.29, 1.82) is 0 Å². The second kappa shape index (κ2) is 9.14. The van der Waals surface area contributed by atoms with E-state index in [4.69, 9.17) is 9.47 Å². The Labute approximate surface area is 122 Å². The Balaban J connectivity index is 2.41. The molecule has 4 nitrogen and oxygen atoms in total. The van der Waals surface area contributed by atoms with Crippen LogP contribution in [0.4, 0.5) is 0 Å². The molecule has 0 radical (unpaired) electrons. The number of rotatable bonds is 9. The van der Waals surface area contributed by atoms with Gasteiger partial charge in [0.1, 0.15) is 6.10 Å². The summed E-state index contributed by atoms with van der Waals surface area (Å²) in [5.74, 6) is -0.270. The van der Waals surface area contributed by atoms with E-state index >= 15 is 0 Å². The average Bonchev–Trinajstić information content (AvgIpc) is 2.43. The zero-order valence-electron chi connectivity index (χ0n) is 12.9. The lowest BCUT2D eigenvalue weighted by Gasteiger charge is -2.29. The van der Waals surface area contributed by atoms with E-state index in [2.05, 4.69) is 6.92 Å². The van der Waals surface area contributed by atoms with Gasteiger partial charge in [-0.1, -0.05) is 39.2 Å². The minimum absolute atomic E-state index is 0.0430. The molecule has 0 aromatic heterocycles. The van der Waals surface area contributed by atoms with E-state index in [9.17, 15) is 9.90 Å². The molecule has 4 heteroatoms. The number of esters is 1. The topological polar surface area (TPSA) is 55.8 Å². The number of aliphatic hydroxyl groups is 1. The van der Waals surface area contributed by atoms with Crippen molar-refractivity contribution in [1.82, 2.24) is 0 Å². The lowest BCUT2D eigenvalue weighted by atomic mass is 9.90. The number of hydrogen-bond acceptors (Lipinski definition) is 4. The SMILES string of the molecule is CCCCC[C@@H](OC)[C@@H](C)[C@@H](O)CC1CC=CC(=O)O1. The summed E-state index contributed by atoms with van der Waals surface area (Å²) < 4.78 is 10.7. The number of ether oxygens (including phenoxy) is 2. The lowest BCUT2D eigenvalue weighted by molar-refractivity contribution is -0.146. The zero-order chi connectivity index (χ0) is 15.0. The lowest BCUT2D eigenvalue weighted by Crippen LogP contribution is -2.35. The highest BCUT2D eigenvalue weighted by Gasteiger charge is 2.28. The summed E-state index contributed by atoms with van der Waals surface area (Å²) in [6.07, 6.45) is 8.20. The van der Waals surface area contributed by atoms with Crippen molar-refractivity contribution in [2.24, 2.45) is 5.92 Å². The Morgan fingerprint density at radius 1 is 1.50 bits per heavy atom. The second-order valence-corrected chi connectivity index (χ2v) is 5.63. The summed E-state index contributed by atoms with van der Waals surface area (Å²) in [6, 6.07) is 0. The first kappa shape index (κ1) is 17.2. The van der Waals surface area contributed by atoms with Crippen LogP contribution in [0.25, 0.3) is 0 Å². The monoisotopic (exact) mass is 284 g/mol. The number of hydrogen-bond donors (Lipinski definition) is 1. The Morgan fingerprint density at radius 2 is 2.25 bits per heavy atom. The highest BCUT2D eigenvalue weighted by molar-refractivity contribution is 5.82. The second-order valence-electron chi connectivity index (χ2n) is 5.63. The quantitative estimate of drug-likeness (QED) is 0.522. The van der Waals surface area contributed by atoms with E-state index in [0.29, 0.717) is 12.8 Å². The fourth-order valence-electron chi connectivity index (χ4n) is 2.63. The Hall–Kier alpha value is -0.870. The largest absolute Gasteiger partial charge is 0.459 e. The van der Waals surface area contributed by atoms with Gasteiger partial charge in [-0.3, -0.25) is 0 Å². The maximum Gasteiger partial charge on any atom is 0.330 e. The van der Waals surface area contributed by atoms with Crippen LogP contribution in [0.5, 0.6) is 0 Å². The Bertz CT molecular complexity index is 314. The maximum absolute atomic E-state index is 11.2. The van der Waals surface area contributed by atoms with Gasteiger partial charge < -0.3 is 14.6 Å². The molecule has 1 heterocycles. The molecule has 1 aliphatic heterocycles. The third-order valence-electron chi connectivity index (χ3n) is 4.03. The van der Waals surface area contributed by atoms with E-state index < -0.39 is 6.10 Å². The van der Waals surface area contributed by atoms with Crippen molar-refractivity contribution in [3.05, 3.63) is 12.2 Å². The van der Waals surface area contributed by atoms with Crippen LogP contribution in [0, 0.1) is 5.92 Å². The molecule has 116 valence electrons. The molecule has 0 bridgehead atoms. The van der Waals surface area contributed by atoms with Gasteiger partial charge in [0.2, 0.25) is 0 Å². The van der Waals surface area contributed by atoms with Gasteiger partial charge in [-0.05, 0) is 6.42 Å². The summed E-state index contributed by atoms with van der Waals surface area (Å²) in [6.45, 7) is 4.18. The summed E-state index contributed by atoms with van der Waals surface area (Å²) >= 11 is 0. The van der Waals surface area contributed by atoms with Gasteiger partial charge in [0, 0.05) is 31.9 Å². The number of carbonyl (C=O) groups is 1. The van der Waals surface area contributed by atoms with Gasteiger partial charge in [-0.25, -0.2) is 4.79 Å². The zero-order valence-corrected chi connectivity index (χ0v) is 12.9. The van der Waals surface area contributed by atoms with Crippen molar-refractivity contribution in [3.8, 4) is 0 Å². The van der Waals surface area contributed by atoms with E-state index in [1.54, 1.807) is 7.11 Å². The molecule has 0 fully saturated rings. The smallest absolute Gasteiger partial charge is 0.330 e. The first-order chi connectivity index (χ1) is 9.58. The van der Waals surface area contributed by atoms with Gasteiger partial charge in [0.25, 0.3) is 0 Å². The first-order valence-corrected chi connectivity index (χ1v) is 7.66. The van der Waals surface area contributed by atoms with Crippen LogP contribution in [0.1, 0.15) is 52.4 Å². The van der Waals surface area contributed by atoms with Crippen LogP contribution >= 0.6 is 0 Å². The molecular weight excluding hydrogens is 256 g/mol. The first-order valence-electron chi connectivity index (χ1n) is 7.66. The summed E-state index contributed by atoms with van der Waals surface area (Å²) in [5.41, 5.74) is 0. The van der Waals surface area contributed by atoms with E-state index in [-0.39, 0.29) is 24.1 Å². The Morgan fingerprint density at radius 3 is 2.85 bits per heavy atom. The summed E-state index contributed by atoms with van der Waals surface area (Å²) in [7, 11) is 1.70. The van der Waals surface area contributed by atoms with Crippen molar-refractivity contribution in [2.75, 3.05) is 7.11 Å². The molecule has 1 rings (SSSR count). The van der Waals surface area contributed by atoms with E-state index in [1.807, 2.05) is 13.0 Å². The highest BCUT2D eigenvalue weighted by atomic mass is 16.5. The molecule has 1 unspecified atom stereocenters. The molecule has 0 aromatic carbocycles. The number of carbonyl (C=O) groups excluding carboxylic acids is 1. The molecule has 0 amide bonds. The summed E-state index contributed by atoms with van der Waals surface area (Å²) in [4.78, 5) is 11.2. The standard InChI is InChI=1S/C16H28O4/c1-4-5-6-9-15(19-3)12(2)14(17)11-13-8-7-10-16(18)20-13/h7,10,12-15,17H,4-6,8-9,11H2,1-3H3/t12-,13?,14-,15+/m0/s1. The minimum atomic E-state index is -0.508. The van der Waals surface area contributed by atoms with Gasteiger partial charge in [-0.2, -0.15) is 0 Å². The van der Waals surface area contributed by atoms with Gasteiger partial charge in [0.15, 0.2) is 0 Å². The highest BCUT2D eigenvalue weighted by Crippen LogP contribution is 2.23. The predicted molar refractivity (Wildman–Crippen MR) is 78.4 cm³/mol. The van der Waals surface area contributed by atoms with Crippen LogP contribution in [-0.2, 0) is 14.3 Å². The van der Waals surface area contributed by atoms with Gasteiger partial charge in [-0.15, -0.1) is 0 Å². The van der Waals surface area contributed by atoms with Crippen LogP contribution in [0.3, 0.4) is 0 Å². The molecular formula is C16H28O4. The van der Waals surface area contributed by atoms with Crippen LogP contribution < -0.4 is 0 Å². The number of unbranched alkanes of at least 4 members (excludes halogenated alkanes) is 2. The van der Waals surface area contributed by atoms with Crippen molar-refractivity contribution < 1.29 is 19.4 Å². The van der Waals surface area contributed by atoms with Gasteiger partial charge >= 0.3 is 5.97 Å². The molecule has 20 heavy (non-hydrogen) atoms. The number of cyclic esters (lactones) is 1. The fraction of sp³-hybridized carbons (Fsp3) is 0.812. The maximum atomic E-state index is 11.2. The molecule has 4 atom stereocenters. The van der Waals surface area contributed by atoms with Crippen molar-refractivity contribution in [3.63, 3.8) is 0 Å². The molecule has 1 aliphatic rings. The van der Waals surface area contributed by atoms with Crippen molar-refractivity contribution >= 4 is 5.97 Å². The Kier molecular flexibility index (Phi) is 7.85.